The van der Waals surface area contributed by atoms with Crippen molar-refractivity contribution in [1.29, 1.82) is 0 Å². The second-order valence-electron chi connectivity index (χ2n) is 6.29. The third-order valence-corrected chi connectivity index (χ3v) is 5.63. The summed E-state index contributed by atoms with van der Waals surface area (Å²) in [6, 6.07) is -0.0428. The first kappa shape index (κ1) is 27.1. The highest BCUT2D eigenvalue weighted by Gasteiger charge is 2.20. The molecule has 0 aliphatic heterocycles. The number of guanidine groups is 1. The Hall–Kier alpha value is -0.940. The van der Waals surface area contributed by atoms with Crippen molar-refractivity contribution in [2.24, 2.45) is 4.99 Å². The van der Waals surface area contributed by atoms with Gasteiger partial charge in [0, 0.05) is 13.6 Å². The van der Waals surface area contributed by atoms with Gasteiger partial charge in [-0.25, -0.2) is 9.78 Å². The van der Waals surface area contributed by atoms with Gasteiger partial charge in [0.15, 0.2) is 5.96 Å². The molecule has 0 aliphatic rings. The lowest BCUT2D eigenvalue weighted by Crippen LogP contribution is -2.39. The Kier molecular flexibility index (Phi) is 14.5. The van der Waals surface area contributed by atoms with Gasteiger partial charge in [-0.3, -0.25) is 4.99 Å². The number of carbonyl (C=O) groups excluding carboxylic acids is 1. The number of hydrogen-bond donors (Lipinski definition) is 2. The Morgan fingerprint density at radius 3 is 2.54 bits per heavy atom. The van der Waals surface area contributed by atoms with Gasteiger partial charge in [-0.1, -0.05) is 13.8 Å². The summed E-state index contributed by atoms with van der Waals surface area (Å²) in [4.78, 5) is 23.8. The van der Waals surface area contributed by atoms with E-state index in [9.17, 15) is 4.79 Å². The number of esters is 1. The molecule has 1 atom stereocenters. The molecular weight excluding hydrogens is 489 g/mol. The zero-order chi connectivity index (χ0) is 20.2. The Balaban J connectivity index is 0.00000729. The maximum atomic E-state index is 12.0. The molecule has 0 fully saturated rings. The van der Waals surface area contributed by atoms with Crippen LogP contribution < -0.4 is 10.6 Å². The number of hydrogen-bond acceptors (Lipinski definition) is 6. The van der Waals surface area contributed by atoms with E-state index in [2.05, 4.69) is 39.4 Å². The van der Waals surface area contributed by atoms with Crippen molar-refractivity contribution in [2.45, 2.75) is 53.5 Å². The maximum absolute atomic E-state index is 12.0. The second-order valence-corrected chi connectivity index (χ2v) is 7.32. The number of thiazole rings is 1. The molecule has 0 aromatic carbocycles. The summed E-state index contributed by atoms with van der Waals surface area (Å²) < 4.78 is 5.08. The molecule has 9 heteroatoms. The first-order valence-electron chi connectivity index (χ1n) is 9.80. The third-order valence-electron chi connectivity index (χ3n) is 4.31. The summed E-state index contributed by atoms with van der Waals surface area (Å²) >= 11 is 1.37. The van der Waals surface area contributed by atoms with E-state index in [-0.39, 0.29) is 36.0 Å². The van der Waals surface area contributed by atoms with Crippen LogP contribution in [0.3, 0.4) is 0 Å². The zero-order valence-corrected chi connectivity index (χ0v) is 21.1. The van der Waals surface area contributed by atoms with Gasteiger partial charge in [-0.15, -0.1) is 35.3 Å². The predicted octanol–water partition coefficient (Wildman–Crippen LogP) is 3.59. The van der Waals surface area contributed by atoms with Gasteiger partial charge in [0.25, 0.3) is 0 Å². The number of ether oxygens (including phenoxy) is 1. The number of halogens is 1. The molecule has 1 aromatic heterocycles. The van der Waals surface area contributed by atoms with Gasteiger partial charge in [-0.05, 0) is 53.2 Å². The van der Waals surface area contributed by atoms with Crippen LogP contribution in [0.4, 0.5) is 0 Å². The average molecular weight is 526 g/mol. The molecule has 1 unspecified atom stereocenters. The van der Waals surface area contributed by atoms with E-state index in [0.29, 0.717) is 17.2 Å². The SMILES string of the molecule is CCOC(=O)c1sc(C(C)NC(=NC)NCCCCN(CC)CC)nc1C.I. The summed E-state index contributed by atoms with van der Waals surface area (Å²) in [6.45, 7) is 14.6. The first-order chi connectivity index (χ1) is 13.0. The Morgan fingerprint density at radius 2 is 1.96 bits per heavy atom. The van der Waals surface area contributed by atoms with Crippen molar-refractivity contribution in [3.05, 3.63) is 15.6 Å². The van der Waals surface area contributed by atoms with Crippen LogP contribution in [0.25, 0.3) is 0 Å². The lowest BCUT2D eigenvalue weighted by molar-refractivity contribution is 0.0531. The van der Waals surface area contributed by atoms with Gasteiger partial charge in [-0.2, -0.15) is 0 Å². The predicted molar refractivity (Wildman–Crippen MR) is 128 cm³/mol. The number of aromatic nitrogens is 1. The second kappa shape index (κ2) is 15.0. The number of nitrogens with one attached hydrogen (secondary N) is 2. The zero-order valence-electron chi connectivity index (χ0n) is 18.0. The lowest BCUT2D eigenvalue weighted by Gasteiger charge is -2.18. The minimum Gasteiger partial charge on any atom is -0.462 e. The molecule has 0 radical (unpaired) electrons. The van der Waals surface area contributed by atoms with Gasteiger partial charge < -0.3 is 20.3 Å². The molecule has 0 saturated carbocycles. The minimum absolute atomic E-state index is 0. The fourth-order valence-electron chi connectivity index (χ4n) is 2.66. The van der Waals surface area contributed by atoms with E-state index in [1.165, 1.54) is 11.3 Å². The summed E-state index contributed by atoms with van der Waals surface area (Å²) in [6.07, 6.45) is 2.25. The van der Waals surface area contributed by atoms with Gasteiger partial charge in [0.1, 0.15) is 9.88 Å². The molecule has 162 valence electrons. The number of unbranched alkanes of at least 4 members (excludes halogenated alkanes) is 1. The number of carbonyl (C=O) groups is 1. The van der Waals surface area contributed by atoms with E-state index in [1.807, 2.05) is 13.8 Å². The number of aryl methyl sites for hydroxylation is 1. The van der Waals surface area contributed by atoms with Crippen LogP contribution in [0.5, 0.6) is 0 Å². The van der Waals surface area contributed by atoms with Crippen molar-refractivity contribution in [1.82, 2.24) is 20.5 Å². The smallest absolute Gasteiger partial charge is 0.350 e. The van der Waals surface area contributed by atoms with E-state index in [1.54, 1.807) is 14.0 Å². The number of rotatable bonds is 11. The highest BCUT2D eigenvalue weighted by Crippen LogP contribution is 2.24. The van der Waals surface area contributed by atoms with Crippen LogP contribution in [-0.2, 0) is 4.74 Å². The van der Waals surface area contributed by atoms with Crippen molar-refractivity contribution >= 4 is 47.2 Å². The Labute approximate surface area is 190 Å². The molecule has 0 bridgehead atoms. The summed E-state index contributed by atoms with van der Waals surface area (Å²) in [5, 5.41) is 7.54. The van der Waals surface area contributed by atoms with Crippen LogP contribution in [0.1, 0.15) is 67.0 Å². The summed E-state index contributed by atoms with van der Waals surface area (Å²) in [7, 11) is 1.76. The van der Waals surface area contributed by atoms with Crippen LogP contribution in [0, 0.1) is 6.92 Å². The Morgan fingerprint density at radius 1 is 1.29 bits per heavy atom. The monoisotopic (exact) mass is 525 g/mol. The van der Waals surface area contributed by atoms with Gasteiger partial charge >= 0.3 is 5.97 Å². The van der Waals surface area contributed by atoms with Crippen LogP contribution >= 0.6 is 35.3 Å². The Bertz CT molecular complexity index is 605. The highest BCUT2D eigenvalue weighted by molar-refractivity contribution is 14.0. The molecule has 1 aromatic rings. The van der Waals surface area contributed by atoms with Crippen molar-refractivity contribution in [3.63, 3.8) is 0 Å². The minimum atomic E-state index is -0.304. The average Bonchev–Trinajstić information content (AvgIpc) is 3.05. The topological polar surface area (TPSA) is 78.8 Å². The van der Waals surface area contributed by atoms with Gasteiger partial charge in [0.2, 0.25) is 0 Å². The lowest BCUT2D eigenvalue weighted by atomic mass is 10.3. The van der Waals surface area contributed by atoms with Crippen molar-refractivity contribution in [2.75, 3.05) is 39.8 Å². The van der Waals surface area contributed by atoms with E-state index >= 15 is 0 Å². The largest absolute Gasteiger partial charge is 0.462 e. The van der Waals surface area contributed by atoms with E-state index in [0.717, 1.165) is 50.0 Å². The van der Waals surface area contributed by atoms with Crippen LogP contribution in [0.15, 0.2) is 4.99 Å². The van der Waals surface area contributed by atoms with Gasteiger partial charge in [0.05, 0.1) is 18.3 Å². The molecule has 0 amide bonds. The summed E-state index contributed by atoms with van der Waals surface area (Å²) in [5.74, 6) is 0.442. The van der Waals surface area contributed by atoms with E-state index in [4.69, 9.17) is 4.74 Å². The number of nitrogens with zero attached hydrogens (tertiary/aromatic N) is 3. The maximum Gasteiger partial charge on any atom is 0.350 e. The fraction of sp³-hybridized carbons (Fsp3) is 0.737. The highest BCUT2D eigenvalue weighted by atomic mass is 127. The molecule has 28 heavy (non-hydrogen) atoms. The van der Waals surface area contributed by atoms with Crippen molar-refractivity contribution < 1.29 is 9.53 Å². The third kappa shape index (κ3) is 9.04. The van der Waals surface area contributed by atoms with E-state index < -0.39 is 0 Å². The molecule has 1 heterocycles. The molecule has 0 spiro atoms. The van der Waals surface area contributed by atoms with Crippen LogP contribution in [-0.4, -0.2) is 61.6 Å². The molecule has 0 aliphatic carbocycles. The first-order valence-corrected chi connectivity index (χ1v) is 10.6. The molecule has 7 nitrogen and oxygen atoms in total. The quantitative estimate of drug-likeness (QED) is 0.151. The molecule has 2 N–H and O–H groups in total. The molecular formula is C19H36IN5O2S. The van der Waals surface area contributed by atoms with Crippen LogP contribution in [0.2, 0.25) is 0 Å². The van der Waals surface area contributed by atoms with Crippen molar-refractivity contribution in [3.8, 4) is 0 Å². The molecule has 0 saturated heterocycles. The molecule has 1 rings (SSSR count). The number of aliphatic imine (C=N–C) groups is 1. The normalized spacial score (nSPS) is 12.5. The summed E-state index contributed by atoms with van der Waals surface area (Å²) in [5.41, 5.74) is 0.710. The standard InChI is InChI=1S/C19H35N5O2S.HI/c1-7-24(8-2)13-11-10-12-21-19(20-6)23-15(5)17-22-14(4)16(27-17)18(25)26-9-3;/h15H,7-13H2,1-6H3,(H2,20,21,23);1H. The fourth-order valence-corrected chi connectivity index (χ4v) is 3.62.